The van der Waals surface area contributed by atoms with Crippen molar-refractivity contribution < 1.29 is 9.90 Å². The fraction of sp³-hybridized carbons (Fsp3) is 0.667. The highest BCUT2D eigenvalue weighted by atomic mass is 32.1. The molecule has 1 rings (SSSR count). The molecule has 4 nitrogen and oxygen atoms in total. The Labute approximate surface area is 106 Å². The largest absolute Gasteiger partial charge is 0.477 e. The minimum absolute atomic E-state index is 0.136. The summed E-state index contributed by atoms with van der Waals surface area (Å²) in [5.74, 6) is -0.741. The van der Waals surface area contributed by atoms with Gasteiger partial charge >= 0.3 is 5.97 Å². The first-order valence-electron chi connectivity index (χ1n) is 5.89. The van der Waals surface area contributed by atoms with Crippen molar-refractivity contribution >= 4 is 22.4 Å². The molecule has 0 aromatic carbocycles. The monoisotopic (exact) mass is 256 g/mol. The molecular formula is C12H20N2O2S. The van der Waals surface area contributed by atoms with Crippen molar-refractivity contribution in [3.63, 3.8) is 0 Å². The maximum Gasteiger partial charge on any atom is 0.347 e. The molecule has 0 aliphatic rings. The molecule has 0 spiro atoms. The highest BCUT2D eigenvalue weighted by Gasteiger charge is 2.22. The van der Waals surface area contributed by atoms with Gasteiger partial charge in [-0.2, -0.15) is 0 Å². The van der Waals surface area contributed by atoms with Crippen molar-refractivity contribution in [2.75, 3.05) is 11.4 Å². The summed E-state index contributed by atoms with van der Waals surface area (Å²) < 4.78 is 0. The lowest BCUT2D eigenvalue weighted by molar-refractivity contribution is 0.0700. The zero-order valence-electron chi connectivity index (χ0n) is 11.0. The summed E-state index contributed by atoms with van der Waals surface area (Å²) in [6.07, 6.45) is 0. The number of aromatic nitrogens is 1. The van der Waals surface area contributed by atoms with Crippen LogP contribution < -0.4 is 4.90 Å². The van der Waals surface area contributed by atoms with E-state index in [-0.39, 0.29) is 5.92 Å². The van der Waals surface area contributed by atoms with Gasteiger partial charge in [0.2, 0.25) is 0 Å². The molecule has 17 heavy (non-hydrogen) atoms. The smallest absolute Gasteiger partial charge is 0.347 e. The number of carboxylic acids is 1. The quantitative estimate of drug-likeness (QED) is 0.879. The van der Waals surface area contributed by atoms with E-state index in [1.807, 2.05) is 13.8 Å². The molecule has 0 atom stereocenters. The molecule has 1 heterocycles. The highest BCUT2D eigenvalue weighted by molar-refractivity contribution is 7.17. The van der Waals surface area contributed by atoms with Crippen LogP contribution in [0, 0.1) is 0 Å². The Hall–Kier alpha value is -1.10. The molecule has 96 valence electrons. The average Bonchev–Trinajstić information content (AvgIpc) is 2.63. The number of hydrogen-bond donors (Lipinski definition) is 1. The van der Waals surface area contributed by atoms with Crippen LogP contribution >= 0.6 is 11.3 Å². The van der Waals surface area contributed by atoms with E-state index in [9.17, 15) is 9.90 Å². The van der Waals surface area contributed by atoms with Gasteiger partial charge in [-0.25, -0.2) is 9.78 Å². The Morgan fingerprint density at radius 2 is 2.00 bits per heavy atom. The maximum atomic E-state index is 11.2. The number of carboxylic acid groups (broad SMARTS) is 1. The van der Waals surface area contributed by atoms with E-state index in [4.69, 9.17) is 0 Å². The van der Waals surface area contributed by atoms with Crippen LogP contribution in [0.5, 0.6) is 0 Å². The lowest BCUT2D eigenvalue weighted by Crippen LogP contribution is -2.30. The molecule has 0 saturated heterocycles. The summed E-state index contributed by atoms with van der Waals surface area (Å²) in [5, 5.41) is 9.98. The zero-order chi connectivity index (χ0) is 13.2. The molecule has 0 aliphatic carbocycles. The van der Waals surface area contributed by atoms with Gasteiger partial charge in [-0.15, -0.1) is 0 Å². The van der Waals surface area contributed by atoms with E-state index >= 15 is 0 Å². The molecule has 0 amide bonds. The number of nitrogens with zero attached hydrogens (tertiary/aromatic N) is 2. The molecule has 0 aliphatic heterocycles. The average molecular weight is 256 g/mol. The summed E-state index contributed by atoms with van der Waals surface area (Å²) in [6.45, 7) is 11.0. The van der Waals surface area contributed by atoms with Gasteiger partial charge in [-0.1, -0.05) is 25.2 Å². The van der Waals surface area contributed by atoms with Crippen LogP contribution in [0.4, 0.5) is 5.13 Å². The van der Waals surface area contributed by atoms with E-state index < -0.39 is 5.97 Å². The van der Waals surface area contributed by atoms with Gasteiger partial charge in [0.15, 0.2) is 5.13 Å². The van der Waals surface area contributed by atoms with Crippen LogP contribution in [0.1, 0.15) is 55.9 Å². The van der Waals surface area contributed by atoms with E-state index in [1.165, 1.54) is 11.3 Å². The van der Waals surface area contributed by atoms with E-state index in [0.717, 1.165) is 11.7 Å². The number of anilines is 1. The number of carbonyl (C=O) groups is 1. The molecule has 0 bridgehead atoms. The first-order valence-corrected chi connectivity index (χ1v) is 6.70. The summed E-state index contributed by atoms with van der Waals surface area (Å²) in [4.78, 5) is 18.1. The SMILES string of the molecule is CCN(c1nc(C(C)C)c(C(=O)O)s1)C(C)C. The van der Waals surface area contributed by atoms with Crippen molar-refractivity contribution in [3.05, 3.63) is 10.6 Å². The second-order valence-corrected chi connectivity index (χ2v) is 5.53. The molecule has 0 saturated carbocycles. The van der Waals surface area contributed by atoms with Crippen molar-refractivity contribution in [2.24, 2.45) is 0 Å². The van der Waals surface area contributed by atoms with Gasteiger partial charge < -0.3 is 10.0 Å². The number of hydrogen-bond acceptors (Lipinski definition) is 4. The second kappa shape index (κ2) is 5.49. The lowest BCUT2D eigenvalue weighted by Gasteiger charge is -2.24. The Bertz CT molecular complexity index is 399. The van der Waals surface area contributed by atoms with Gasteiger partial charge in [0, 0.05) is 12.6 Å². The summed E-state index contributed by atoms with van der Waals surface area (Å²) >= 11 is 1.27. The molecule has 1 N–H and O–H groups in total. The lowest BCUT2D eigenvalue weighted by atomic mass is 10.1. The summed E-state index contributed by atoms with van der Waals surface area (Å²) in [7, 11) is 0. The molecule has 0 fully saturated rings. The summed E-state index contributed by atoms with van der Waals surface area (Å²) in [6, 6.07) is 0.327. The predicted molar refractivity (Wildman–Crippen MR) is 71.3 cm³/mol. The Morgan fingerprint density at radius 1 is 1.41 bits per heavy atom. The molecule has 0 radical (unpaired) electrons. The molecule has 1 aromatic heterocycles. The zero-order valence-corrected chi connectivity index (χ0v) is 11.8. The van der Waals surface area contributed by atoms with Gasteiger partial charge in [0.1, 0.15) is 4.88 Å². The number of rotatable bonds is 5. The van der Waals surface area contributed by atoms with Crippen LogP contribution in [-0.2, 0) is 0 Å². The molecule has 5 heteroatoms. The Balaban J connectivity index is 3.19. The third kappa shape index (κ3) is 2.97. The van der Waals surface area contributed by atoms with Gasteiger partial charge in [0.25, 0.3) is 0 Å². The first kappa shape index (κ1) is 14.0. The van der Waals surface area contributed by atoms with Gasteiger partial charge in [-0.05, 0) is 26.7 Å². The van der Waals surface area contributed by atoms with E-state index in [1.54, 1.807) is 0 Å². The van der Waals surface area contributed by atoms with Gasteiger partial charge in [-0.3, -0.25) is 0 Å². The Kier molecular flexibility index (Phi) is 4.51. The molecular weight excluding hydrogens is 236 g/mol. The van der Waals surface area contributed by atoms with Crippen molar-refractivity contribution in [1.29, 1.82) is 0 Å². The Morgan fingerprint density at radius 3 is 2.29 bits per heavy atom. The second-order valence-electron chi connectivity index (χ2n) is 4.55. The summed E-state index contributed by atoms with van der Waals surface area (Å²) in [5.41, 5.74) is 0.691. The normalized spacial score (nSPS) is 11.2. The minimum Gasteiger partial charge on any atom is -0.477 e. The van der Waals surface area contributed by atoms with Crippen LogP contribution in [0.15, 0.2) is 0 Å². The van der Waals surface area contributed by atoms with E-state index in [0.29, 0.717) is 16.6 Å². The molecule has 0 unspecified atom stereocenters. The van der Waals surface area contributed by atoms with Gasteiger partial charge in [0.05, 0.1) is 5.69 Å². The fourth-order valence-corrected chi connectivity index (χ4v) is 2.97. The minimum atomic E-state index is -0.878. The third-order valence-corrected chi connectivity index (χ3v) is 3.69. The topological polar surface area (TPSA) is 53.4 Å². The van der Waals surface area contributed by atoms with Crippen molar-refractivity contribution in [2.45, 2.75) is 46.6 Å². The molecule has 1 aromatic rings. The van der Waals surface area contributed by atoms with Crippen molar-refractivity contribution in [1.82, 2.24) is 4.98 Å². The fourth-order valence-electron chi connectivity index (χ4n) is 1.71. The number of aromatic carboxylic acids is 1. The first-order chi connectivity index (χ1) is 7.88. The van der Waals surface area contributed by atoms with Crippen LogP contribution in [0.2, 0.25) is 0 Å². The standard InChI is InChI=1S/C12H20N2O2S/c1-6-14(8(4)5)12-13-9(7(2)3)10(17-12)11(15)16/h7-8H,6H2,1-5H3,(H,15,16). The van der Waals surface area contributed by atoms with Crippen LogP contribution in [-0.4, -0.2) is 28.6 Å². The maximum absolute atomic E-state index is 11.2. The third-order valence-electron chi connectivity index (χ3n) is 2.59. The highest BCUT2D eigenvalue weighted by Crippen LogP contribution is 2.31. The predicted octanol–water partition coefficient (Wildman–Crippen LogP) is 3.20. The number of thiazole rings is 1. The van der Waals surface area contributed by atoms with Crippen LogP contribution in [0.3, 0.4) is 0 Å². The van der Waals surface area contributed by atoms with E-state index in [2.05, 4.69) is 30.7 Å². The van der Waals surface area contributed by atoms with Crippen molar-refractivity contribution in [3.8, 4) is 0 Å². The van der Waals surface area contributed by atoms with Crippen LogP contribution in [0.25, 0.3) is 0 Å².